The molecule has 2 heterocycles. The van der Waals surface area contributed by atoms with Crippen LogP contribution < -0.4 is 15.0 Å². The highest BCUT2D eigenvalue weighted by molar-refractivity contribution is 7.99. The molecule has 34 heavy (non-hydrogen) atoms. The Hall–Kier alpha value is -3.09. The number of piperazine rings is 1. The molecular formula is C22H25N5O5S2. The maximum absolute atomic E-state index is 12.6. The lowest BCUT2D eigenvalue weighted by molar-refractivity contribution is -0.113. The summed E-state index contributed by atoms with van der Waals surface area (Å²) in [6.45, 7) is 2.05. The second kappa shape index (κ2) is 10.9. The number of benzene rings is 2. The van der Waals surface area contributed by atoms with E-state index in [9.17, 15) is 13.2 Å². The molecule has 1 aliphatic heterocycles. The third kappa shape index (κ3) is 6.49. The van der Waals surface area contributed by atoms with E-state index in [0.717, 1.165) is 17.4 Å². The maximum atomic E-state index is 12.6. The quantitative estimate of drug-likeness (QED) is 0.439. The number of thioether (sulfide) groups is 1. The lowest BCUT2D eigenvalue weighted by atomic mass is 10.2. The van der Waals surface area contributed by atoms with Crippen molar-refractivity contribution in [1.82, 2.24) is 14.5 Å². The predicted octanol–water partition coefficient (Wildman–Crippen LogP) is 2.46. The first kappa shape index (κ1) is 24.0. The molecule has 0 unspecified atom stereocenters. The van der Waals surface area contributed by atoms with Gasteiger partial charge in [-0.3, -0.25) is 4.79 Å². The van der Waals surface area contributed by atoms with Crippen LogP contribution in [-0.2, 0) is 21.4 Å². The summed E-state index contributed by atoms with van der Waals surface area (Å²) in [5.74, 6) is 0.903. The summed E-state index contributed by atoms with van der Waals surface area (Å²) in [6.07, 6.45) is 1.22. The Labute approximate surface area is 202 Å². The molecule has 4 rings (SSSR count). The number of sulfonamides is 1. The largest absolute Gasteiger partial charge is 0.484 e. The molecule has 0 saturated carbocycles. The smallest absolute Gasteiger partial charge is 0.277 e. The lowest BCUT2D eigenvalue weighted by Gasteiger charge is -2.35. The third-order valence-corrected chi connectivity index (χ3v) is 7.23. The number of carbonyl (C=O) groups excluding carboxylic acids is 1. The van der Waals surface area contributed by atoms with Crippen LogP contribution in [0.25, 0.3) is 0 Å². The monoisotopic (exact) mass is 503 g/mol. The molecule has 1 aromatic heterocycles. The van der Waals surface area contributed by atoms with Crippen LogP contribution in [-0.4, -0.2) is 67.0 Å². The van der Waals surface area contributed by atoms with Crippen molar-refractivity contribution < 1.29 is 22.4 Å². The Balaban J connectivity index is 1.28. The molecule has 10 nitrogen and oxygen atoms in total. The van der Waals surface area contributed by atoms with E-state index in [0.29, 0.717) is 43.5 Å². The summed E-state index contributed by atoms with van der Waals surface area (Å²) >= 11 is 1.14. The average Bonchev–Trinajstić information content (AvgIpc) is 3.30. The van der Waals surface area contributed by atoms with Crippen molar-refractivity contribution in [1.29, 1.82) is 0 Å². The van der Waals surface area contributed by atoms with Gasteiger partial charge in [0.15, 0.2) is 6.61 Å². The minimum Gasteiger partial charge on any atom is -0.484 e. The highest BCUT2D eigenvalue weighted by atomic mass is 32.2. The van der Waals surface area contributed by atoms with Crippen molar-refractivity contribution in [3.8, 4) is 5.75 Å². The molecule has 0 radical (unpaired) electrons. The number of hydrogen-bond acceptors (Lipinski definition) is 9. The Bertz CT molecular complexity index is 1210. The predicted molar refractivity (Wildman–Crippen MR) is 129 cm³/mol. The van der Waals surface area contributed by atoms with Gasteiger partial charge in [0.1, 0.15) is 5.75 Å². The van der Waals surface area contributed by atoms with Crippen LogP contribution in [0.15, 0.2) is 64.2 Å². The molecule has 2 aromatic carbocycles. The highest BCUT2D eigenvalue weighted by Crippen LogP contribution is 2.27. The Morgan fingerprint density at radius 1 is 1.06 bits per heavy atom. The van der Waals surface area contributed by atoms with Gasteiger partial charge in [0.2, 0.25) is 15.9 Å². The number of aromatic nitrogens is 2. The zero-order chi connectivity index (χ0) is 24.0. The van der Waals surface area contributed by atoms with Gasteiger partial charge in [-0.2, -0.15) is 4.31 Å². The van der Waals surface area contributed by atoms with Crippen LogP contribution in [0.1, 0.15) is 5.89 Å². The van der Waals surface area contributed by atoms with E-state index in [1.54, 1.807) is 0 Å². The van der Waals surface area contributed by atoms with E-state index in [4.69, 9.17) is 9.15 Å². The van der Waals surface area contributed by atoms with Gasteiger partial charge in [0.25, 0.3) is 11.1 Å². The fourth-order valence-corrected chi connectivity index (χ4v) is 4.85. The van der Waals surface area contributed by atoms with E-state index in [-0.39, 0.29) is 23.5 Å². The van der Waals surface area contributed by atoms with E-state index in [1.807, 2.05) is 54.6 Å². The molecule has 0 aliphatic carbocycles. The number of ether oxygens (including phenoxy) is 1. The molecule has 0 spiro atoms. The lowest BCUT2D eigenvalue weighted by Crippen LogP contribution is -2.48. The third-order valence-electron chi connectivity index (χ3n) is 5.11. The Morgan fingerprint density at radius 3 is 2.50 bits per heavy atom. The van der Waals surface area contributed by atoms with Gasteiger partial charge in [0, 0.05) is 26.2 Å². The van der Waals surface area contributed by atoms with Crippen LogP contribution in [0.3, 0.4) is 0 Å². The molecule has 3 aromatic rings. The van der Waals surface area contributed by atoms with Crippen LogP contribution in [0.4, 0.5) is 11.4 Å². The average molecular weight is 504 g/mol. The number of amides is 1. The van der Waals surface area contributed by atoms with Crippen molar-refractivity contribution in [3.63, 3.8) is 0 Å². The van der Waals surface area contributed by atoms with E-state index >= 15 is 0 Å². The summed E-state index contributed by atoms with van der Waals surface area (Å²) in [5, 5.41) is 11.1. The van der Waals surface area contributed by atoms with Gasteiger partial charge in [-0.05, 0) is 24.3 Å². The Morgan fingerprint density at radius 2 is 1.76 bits per heavy atom. The summed E-state index contributed by atoms with van der Waals surface area (Å²) in [5.41, 5.74) is 1.52. The number of carbonyl (C=O) groups is 1. The van der Waals surface area contributed by atoms with Crippen molar-refractivity contribution in [2.75, 3.05) is 48.4 Å². The molecule has 0 bridgehead atoms. The van der Waals surface area contributed by atoms with Gasteiger partial charge in [-0.15, -0.1) is 10.2 Å². The topological polar surface area (TPSA) is 118 Å². The van der Waals surface area contributed by atoms with Crippen molar-refractivity contribution in [3.05, 3.63) is 60.5 Å². The second-order valence-electron chi connectivity index (χ2n) is 7.57. The molecule has 180 valence electrons. The van der Waals surface area contributed by atoms with Gasteiger partial charge in [-0.25, -0.2) is 8.42 Å². The number of nitrogens with one attached hydrogen (secondary N) is 1. The second-order valence-corrected chi connectivity index (χ2v) is 10.5. The summed E-state index contributed by atoms with van der Waals surface area (Å²) in [4.78, 5) is 14.6. The van der Waals surface area contributed by atoms with Crippen molar-refractivity contribution in [2.45, 2.75) is 11.8 Å². The van der Waals surface area contributed by atoms with Gasteiger partial charge >= 0.3 is 0 Å². The van der Waals surface area contributed by atoms with Crippen LogP contribution in [0.5, 0.6) is 5.75 Å². The van der Waals surface area contributed by atoms with E-state index < -0.39 is 10.0 Å². The zero-order valence-electron chi connectivity index (χ0n) is 18.6. The summed E-state index contributed by atoms with van der Waals surface area (Å²) in [6, 6.07) is 16.8. The first-order chi connectivity index (χ1) is 16.4. The van der Waals surface area contributed by atoms with Crippen molar-refractivity contribution >= 4 is 39.1 Å². The Kier molecular flexibility index (Phi) is 7.70. The fraction of sp³-hybridized carbons (Fsp3) is 0.318. The van der Waals surface area contributed by atoms with Crippen LogP contribution >= 0.6 is 11.8 Å². The minimum atomic E-state index is -3.20. The number of nitrogens with zero attached hydrogens (tertiary/aromatic N) is 4. The first-order valence-corrected chi connectivity index (χ1v) is 13.4. The normalized spacial score (nSPS) is 14.7. The van der Waals surface area contributed by atoms with Crippen molar-refractivity contribution in [2.24, 2.45) is 0 Å². The first-order valence-electron chi connectivity index (χ1n) is 10.6. The minimum absolute atomic E-state index is 0.0946. The van der Waals surface area contributed by atoms with E-state index in [2.05, 4.69) is 20.4 Å². The van der Waals surface area contributed by atoms with Gasteiger partial charge in [0.05, 0.1) is 23.4 Å². The fourth-order valence-electron chi connectivity index (χ4n) is 3.45. The SMILES string of the molecule is CS(=O)(=O)N1CCN(c2ccccc2NC(=O)CSc2nnc(COc3ccccc3)o2)CC1. The van der Waals surface area contributed by atoms with Crippen LogP contribution in [0, 0.1) is 0 Å². The molecule has 1 aliphatic rings. The number of para-hydroxylation sites is 3. The number of hydrogen-bond donors (Lipinski definition) is 1. The number of anilines is 2. The molecule has 12 heteroatoms. The molecule has 0 atom stereocenters. The van der Waals surface area contributed by atoms with Gasteiger partial charge < -0.3 is 19.4 Å². The number of rotatable bonds is 9. The zero-order valence-corrected chi connectivity index (χ0v) is 20.2. The highest BCUT2D eigenvalue weighted by Gasteiger charge is 2.24. The molecular weight excluding hydrogens is 478 g/mol. The molecule has 1 fully saturated rings. The standard InChI is InChI=1S/C22H25N5O5S2/c1-34(29,30)27-13-11-26(12-14-27)19-10-6-5-9-18(19)23-20(28)16-33-22-25-24-21(32-22)15-31-17-7-3-2-4-8-17/h2-10H,11-16H2,1H3,(H,23,28). The molecule has 1 N–H and O–H groups in total. The van der Waals surface area contributed by atoms with Crippen LogP contribution in [0.2, 0.25) is 0 Å². The van der Waals surface area contributed by atoms with E-state index in [1.165, 1.54) is 10.6 Å². The van der Waals surface area contributed by atoms with Gasteiger partial charge in [-0.1, -0.05) is 42.1 Å². The maximum Gasteiger partial charge on any atom is 0.277 e. The molecule has 1 saturated heterocycles. The molecule has 1 amide bonds. The summed E-state index contributed by atoms with van der Waals surface area (Å²) < 4.78 is 36.1. The summed E-state index contributed by atoms with van der Waals surface area (Å²) in [7, 11) is -3.20.